The van der Waals surface area contributed by atoms with Gasteiger partial charge in [0.15, 0.2) is 16.9 Å². The maximum Gasteiger partial charge on any atom is 0.459 e. The molecule has 1 aliphatic rings. The quantitative estimate of drug-likeness (QED) is 0.181. The number of aromatic nitrogens is 4. The Morgan fingerprint density at radius 1 is 1.43 bits per heavy atom. The number of carbonyl (C=O) groups is 1. The summed E-state index contributed by atoms with van der Waals surface area (Å²) in [7, 11) is -4.19. The molecule has 1 saturated carbocycles. The highest BCUT2D eigenvalue weighted by atomic mass is 35.5. The van der Waals surface area contributed by atoms with Gasteiger partial charge < -0.3 is 25.0 Å². The Kier molecular flexibility index (Phi) is 7.83. The lowest BCUT2D eigenvalue weighted by Crippen LogP contribution is -2.36. The fraction of sp³-hybridized carbons (Fsp3) is 0.364. The van der Waals surface area contributed by atoms with E-state index in [0.717, 1.165) is 0 Å². The summed E-state index contributed by atoms with van der Waals surface area (Å²) in [6.07, 6.45) is 0.660. The Labute approximate surface area is 215 Å². The second kappa shape index (κ2) is 10.7. The molecule has 0 spiro atoms. The van der Waals surface area contributed by atoms with Gasteiger partial charge in [0.1, 0.15) is 12.4 Å². The number of Topliss-reactive ketones (excluding diaryl/α,β-unsaturated/α-hetero) is 1. The first kappa shape index (κ1) is 27.0. The van der Waals surface area contributed by atoms with Crippen LogP contribution in [-0.2, 0) is 13.9 Å². The number of imidazole rings is 1. The first-order chi connectivity index (χ1) is 17.5. The topological polar surface area (TPSA) is 195 Å². The number of H-pyrrole nitrogens is 1. The smallest absolute Gasteiger partial charge is 0.413 e. The van der Waals surface area contributed by atoms with Gasteiger partial charge in [0.2, 0.25) is 5.95 Å². The first-order valence-electron chi connectivity index (χ1n) is 11.2. The van der Waals surface area contributed by atoms with Crippen LogP contribution < -0.4 is 20.9 Å². The number of nitrogens with one attached hydrogen (secondary N) is 2. The molecule has 0 aliphatic heterocycles. The van der Waals surface area contributed by atoms with E-state index >= 15 is 0 Å². The zero-order valence-corrected chi connectivity index (χ0v) is 21.4. The molecule has 15 heteroatoms. The molecule has 4 rings (SSSR count). The number of aliphatic hydroxyl groups is 2. The van der Waals surface area contributed by atoms with Crippen molar-refractivity contribution < 1.29 is 28.6 Å². The number of hydrogen-bond donors (Lipinski definition) is 5. The number of nitrogens with zero attached hydrogens (tertiary/aromatic N) is 3. The summed E-state index contributed by atoms with van der Waals surface area (Å²) in [6.45, 7) is 4.44. The lowest BCUT2D eigenvalue weighted by Gasteiger charge is -2.25. The summed E-state index contributed by atoms with van der Waals surface area (Å²) in [5.74, 6) is -1.23. The minimum Gasteiger partial charge on any atom is -0.413 e. The van der Waals surface area contributed by atoms with Crippen LogP contribution in [0.15, 0.2) is 47.5 Å². The Hall–Kier alpha value is -3.06. The van der Waals surface area contributed by atoms with Crippen molar-refractivity contribution in [3.8, 4) is 5.75 Å². The highest BCUT2D eigenvalue weighted by Gasteiger charge is 2.41. The largest absolute Gasteiger partial charge is 0.459 e. The lowest BCUT2D eigenvalue weighted by atomic mass is 10.0. The van der Waals surface area contributed by atoms with Crippen molar-refractivity contribution in [2.45, 2.75) is 31.5 Å². The van der Waals surface area contributed by atoms with Gasteiger partial charge >= 0.3 is 7.75 Å². The van der Waals surface area contributed by atoms with Crippen LogP contribution >= 0.6 is 19.3 Å². The van der Waals surface area contributed by atoms with Gasteiger partial charge in [-0.05, 0) is 43.2 Å². The second-order valence-corrected chi connectivity index (χ2v) is 10.7. The minimum atomic E-state index is -4.19. The van der Waals surface area contributed by atoms with E-state index in [9.17, 15) is 19.3 Å². The highest BCUT2D eigenvalue weighted by Crippen LogP contribution is 2.48. The van der Waals surface area contributed by atoms with Crippen molar-refractivity contribution in [1.29, 1.82) is 0 Å². The summed E-state index contributed by atoms with van der Waals surface area (Å²) in [6, 6.07) is 4.45. The predicted octanol–water partition coefficient (Wildman–Crippen LogP) is 1.58. The number of hydrogen-bond acceptors (Lipinski definition) is 10. The SMILES string of the molecule is C=C1[C@H](CO[P@@](=O)(N[C@@H](C)C(=O)CO)Oc2ccc(Cl)cc2)[C@@H](O)C[C@@H]1n1cnc2c(=O)[nH]c(N)nc21. The van der Waals surface area contributed by atoms with E-state index in [1.165, 1.54) is 37.5 Å². The van der Waals surface area contributed by atoms with E-state index in [2.05, 4.69) is 26.6 Å². The molecule has 1 aromatic carbocycles. The van der Waals surface area contributed by atoms with E-state index in [0.29, 0.717) is 10.6 Å². The number of carbonyl (C=O) groups excluding carboxylic acids is 1. The van der Waals surface area contributed by atoms with Crippen molar-refractivity contribution in [1.82, 2.24) is 24.6 Å². The molecule has 0 saturated heterocycles. The first-order valence-corrected chi connectivity index (χ1v) is 13.1. The van der Waals surface area contributed by atoms with Crippen LogP contribution in [0.2, 0.25) is 5.02 Å². The third-order valence-corrected chi connectivity index (χ3v) is 7.97. The van der Waals surface area contributed by atoms with E-state index in [4.69, 9.17) is 31.5 Å². The van der Waals surface area contributed by atoms with Crippen LogP contribution in [0.3, 0.4) is 0 Å². The third-order valence-electron chi connectivity index (χ3n) is 6.07. The average Bonchev–Trinajstić information content (AvgIpc) is 3.38. The fourth-order valence-corrected chi connectivity index (χ4v) is 5.75. The molecule has 0 bridgehead atoms. The molecule has 2 heterocycles. The molecule has 198 valence electrons. The van der Waals surface area contributed by atoms with E-state index in [-0.39, 0.29) is 35.9 Å². The molecule has 5 atom stereocenters. The Balaban J connectivity index is 1.55. The van der Waals surface area contributed by atoms with Gasteiger partial charge in [0.25, 0.3) is 5.56 Å². The van der Waals surface area contributed by atoms with Crippen LogP contribution in [0.25, 0.3) is 11.2 Å². The zero-order chi connectivity index (χ0) is 26.9. The highest BCUT2D eigenvalue weighted by molar-refractivity contribution is 7.52. The van der Waals surface area contributed by atoms with Crippen LogP contribution in [0, 0.1) is 5.92 Å². The predicted molar refractivity (Wildman–Crippen MR) is 135 cm³/mol. The molecule has 13 nitrogen and oxygen atoms in total. The minimum absolute atomic E-state index is 0.0822. The molecule has 0 amide bonds. The van der Waals surface area contributed by atoms with Gasteiger partial charge in [-0.2, -0.15) is 4.98 Å². The summed E-state index contributed by atoms with van der Waals surface area (Å²) in [5, 5.41) is 22.9. The number of nitrogen functional groups attached to an aromatic ring is 1. The number of anilines is 1. The van der Waals surface area contributed by atoms with Crippen molar-refractivity contribution in [2.24, 2.45) is 5.92 Å². The van der Waals surface area contributed by atoms with Crippen molar-refractivity contribution >= 4 is 42.2 Å². The van der Waals surface area contributed by atoms with Crippen LogP contribution in [0.4, 0.5) is 5.95 Å². The number of ketones is 1. The van der Waals surface area contributed by atoms with E-state index in [1.807, 2.05) is 0 Å². The molecule has 1 aliphatic carbocycles. The number of benzene rings is 1. The van der Waals surface area contributed by atoms with Gasteiger partial charge in [-0.25, -0.2) is 14.6 Å². The maximum atomic E-state index is 13.6. The molecule has 3 aromatic rings. The van der Waals surface area contributed by atoms with Crippen LogP contribution in [-0.4, -0.2) is 60.9 Å². The normalized spacial score (nSPS) is 22.2. The summed E-state index contributed by atoms with van der Waals surface area (Å²) in [4.78, 5) is 34.7. The number of halogens is 1. The summed E-state index contributed by atoms with van der Waals surface area (Å²) in [5.41, 5.74) is 6.02. The number of fused-ring (bicyclic) bond motifs is 1. The number of nitrogens with two attached hydrogens (primary N) is 1. The second-order valence-electron chi connectivity index (χ2n) is 8.59. The summed E-state index contributed by atoms with van der Waals surface area (Å²) >= 11 is 5.90. The Morgan fingerprint density at radius 3 is 2.81 bits per heavy atom. The molecule has 37 heavy (non-hydrogen) atoms. The van der Waals surface area contributed by atoms with Crippen LogP contribution in [0.5, 0.6) is 5.75 Å². The number of aliphatic hydroxyl groups excluding tert-OH is 2. The van der Waals surface area contributed by atoms with Gasteiger partial charge in [0, 0.05) is 10.9 Å². The third kappa shape index (κ3) is 5.77. The molecule has 0 radical (unpaired) electrons. The zero-order valence-electron chi connectivity index (χ0n) is 19.7. The Morgan fingerprint density at radius 2 is 2.14 bits per heavy atom. The standard InChI is InChI=1S/C22H26ClN6O7P/c1-11-15(17(31)7-16(11)29-10-25-19-20(29)26-22(24)27-21(19)33)9-35-37(34,28-12(2)18(32)8-30)36-14-5-3-13(23)4-6-14/h3-6,10,12,15-17,30-31H,1,7-9H2,2H3,(H,28,34)(H3,24,26,27,33)/t12-,15-,16-,17-,37-/m0/s1. The van der Waals surface area contributed by atoms with Crippen molar-refractivity contribution in [3.63, 3.8) is 0 Å². The molecule has 1 fully saturated rings. The van der Waals surface area contributed by atoms with Gasteiger partial charge in [0.05, 0.1) is 31.1 Å². The maximum absolute atomic E-state index is 13.6. The molecular formula is C22H26ClN6O7P. The van der Waals surface area contributed by atoms with Crippen molar-refractivity contribution in [3.05, 3.63) is 58.1 Å². The molecule has 0 unspecified atom stereocenters. The average molecular weight is 553 g/mol. The van der Waals surface area contributed by atoms with Crippen molar-refractivity contribution in [2.75, 3.05) is 18.9 Å². The van der Waals surface area contributed by atoms with Gasteiger partial charge in [-0.3, -0.25) is 19.1 Å². The van der Waals surface area contributed by atoms with E-state index in [1.54, 1.807) is 4.57 Å². The molecular weight excluding hydrogens is 527 g/mol. The molecule has 2 aromatic heterocycles. The number of rotatable bonds is 10. The van der Waals surface area contributed by atoms with E-state index < -0.39 is 49.8 Å². The summed E-state index contributed by atoms with van der Waals surface area (Å²) < 4.78 is 26.5. The van der Waals surface area contributed by atoms with Crippen LogP contribution in [0.1, 0.15) is 19.4 Å². The fourth-order valence-electron chi connectivity index (χ4n) is 4.07. The van der Waals surface area contributed by atoms with Gasteiger partial charge in [-0.1, -0.05) is 18.2 Å². The Bertz CT molecular complexity index is 1430. The molecule has 6 N–H and O–H groups in total. The number of aromatic amines is 1. The van der Waals surface area contributed by atoms with Gasteiger partial charge in [-0.15, -0.1) is 0 Å². The lowest BCUT2D eigenvalue weighted by molar-refractivity contribution is -0.123. The monoisotopic (exact) mass is 552 g/mol.